The van der Waals surface area contributed by atoms with Gasteiger partial charge in [0.15, 0.2) is 16.7 Å². The predicted octanol–water partition coefficient (Wildman–Crippen LogP) is 2.30. The number of nitrogens with one attached hydrogen (secondary N) is 1. The van der Waals surface area contributed by atoms with Crippen LogP contribution in [0.5, 0.6) is 17.2 Å². The zero-order chi connectivity index (χ0) is 18.2. The van der Waals surface area contributed by atoms with Crippen molar-refractivity contribution in [1.82, 2.24) is 15.3 Å². The van der Waals surface area contributed by atoms with Gasteiger partial charge >= 0.3 is 0 Å². The zero-order valence-corrected chi connectivity index (χ0v) is 15.4. The van der Waals surface area contributed by atoms with E-state index in [-0.39, 0.29) is 11.2 Å². The lowest BCUT2D eigenvalue weighted by Crippen LogP contribution is -2.30. The average molecular weight is 363 g/mol. The van der Waals surface area contributed by atoms with Crippen molar-refractivity contribution in [3.8, 4) is 17.2 Å². The monoisotopic (exact) mass is 363 g/mol. The summed E-state index contributed by atoms with van der Waals surface area (Å²) in [6.07, 6.45) is 3.30. The highest BCUT2D eigenvalue weighted by Crippen LogP contribution is 2.38. The first-order valence-electron chi connectivity index (χ1n) is 7.59. The molecule has 0 saturated heterocycles. The molecule has 0 aliphatic rings. The number of thioether (sulfide) groups is 1. The number of hydrogen-bond donors (Lipinski definition) is 1. The predicted molar refractivity (Wildman–Crippen MR) is 95.3 cm³/mol. The van der Waals surface area contributed by atoms with Crippen LogP contribution in [0.4, 0.5) is 0 Å². The van der Waals surface area contributed by atoms with Crippen molar-refractivity contribution in [3.63, 3.8) is 0 Å². The molecule has 2 aromatic rings. The van der Waals surface area contributed by atoms with E-state index >= 15 is 0 Å². The van der Waals surface area contributed by atoms with E-state index in [1.807, 2.05) is 6.92 Å². The van der Waals surface area contributed by atoms with Crippen molar-refractivity contribution >= 4 is 17.7 Å². The minimum atomic E-state index is -0.315. The third-order valence-corrected chi connectivity index (χ3v) is 4.37. The SMILES string of the molecule is COc1cc(CNC(=O)[C@@H](C)Sc2ncccn2)cc(OC)c1OC. The fourth-order valence-corrected chi connectivity index (χ4v) is 2.88. The number of hydrogen-bond acceptors (Lipinski definition) is 7. The van der Waals surface area contributed by atoms with Gasteiger partial charge in [0.25, 0.3) is 0 Å². The summed E-state index contributed by atoms with van der Waals surface area (Å²) >= 11 is 1.30. The van der Waals surface area contributed by atoms with Crippen LogP contribution in [-0.2, 0) is 11.3 Å². The lowest BCUT2D eigenvalue weighted by molar-refractivity contribution is -0.120. The van der Waals surface area contributed by atoms with E-state index in [0.29, 0.717) is 28.9 Å². The second-order valence-electron chi connectivity index (χ2n) is 5.04. The van der Waals surface area contributed by atoms with Crippen LogP contribution in [0, 0.1) is 0 Å². The van der Waals surface area contributed by atoms with Gasteiger partial charge in [-0.05, 0) is 30.7 Å². The molecule has 7 nitrogen and oxygen atoms in total. The Bertz CT molecular complexity index is 687. The standard InChI is InChI=1S/C17H21N3O4S/c1-11(25-17-18-6-5-7-19-17)16(21)20-10-12-8-13(22-2)15(24-4)14(9-12)23-3/h5-9,11H,10H2,1-4H3,(H,20,21)/t11-/m1/s1. The Hall–Kier alpha value is -2.48. The van der Waals surface area contributed by atoms with E-state index in [0.717, 1.165) is 5.56 Å². The number of carbonyl (C=O) groups excluding carboxylic acids is 1. The first-order valence-corrected chi connectivity index (χ1v) is 8.47. The van der Waals surface area contributed by atoms with Gasteiger partial charge in [-0.3, -0.25) is 4.79 Å². The average Bonchev–Trinajstić information content (AvgIpc) is 2.65. The highest BCUT2D eigenvalue weighted by molar-refractivity contribution is 8.00. The van der Waals surface area contributed by atoms with Crippen LogP contribution >= 0.6 is 11.8 Å². The molecular weight excluding hydrogens is 342 g/mol. The normalized spacial score (nSPS) is 11.5. The van der Waals surface area contributed by atoms with Gasteiger partial charge in [-0.2, -0.15) is 0 Å². The van der Waals surface area contributed by atoms with Gasteiger partial charge in [-0.1, -0.05) is 11.8 Å². The van der Waals surface area contributed by atoms with Crippen LogP contribution in [0.3, 0.4) is 0 Å². The number of benzene rings is 1. The molecule has 2 rings (SSSR count). The second kappa shape index (κ2) is 9.12. The lowest BCUT2D eigenvalue weighted by Gasteiger charge is -2.15. The topological polar surface area (TPSA) is 82.6 Å². The maximum atomic E-state index is 12.3. The molecule has 25 heavy (non-hydrogen) atoms. The summed E-state index contributed by atoms with van der Waals surface area (Å²) in [7, 11) is 4.66. The number of ether oxygens (including phenoxy) is 3. The summed E-state index contributed by atoms with van der Waals surface area (Å²) in [5.74, 6) is 1.51. The summed E-state index contributed by atoms with van der Waals surface area (Å²) in [4.78, 5) is 20.5. The molecule has 0 spiro atoms. The molecule has 1 amide bonds. The Kier molecular flexibility index (Phi) is 6.88. The van der Waals surface area contributed by atoms with Gasteiger partial charge in [0, 0.05) is 18.9 Å². The Balaban J connectivity index is 2.01. The smallest absolute Gasteiger partial charge is 0.233 e. The molecular formula is C17H21N3O4S. The summed E-state index contributed by atoms with van der Waals surface area (Å²) in [6, 6.07) is 5.35. The van der Waals surface area contributed by atoms with Gasteiger partial charge in [-0.25, -0.2) is 9.97 Å². The molecule has 0 aliphatic heterocycles. The highest BCUT2D eigenvalue weighted by Gasteiger charge is 2.17. The summed E-state index contributed by atoms with van der Waals surface area (Å²) in [6.45, 7) is 2.15. The number of nitrogens with zero attached hydrogens (tertiary/aromatic N) is 2. The van der Waals surface area contributed by atoms with Gasteiger partial charge in [-0.15, -0.1) is 0 Å². The summed E-state index contributed by atoms with van der Waals surface area (Å²) in [5.41, 5.74) is 0.844. The fraction of sp³-hybridized carbons (Fsp3) is 0.353. The third kappa shape index (κ3) is 4.99. The lowest BCUT2D eigenvalue weighted by atomic mass is 10.1. The molecule has 134 valence electrons. The number of amides is 1. The molecule has 0 saturated carbocycles. The van der Waals surface area contributed by atoms with Crippen LogP contribution in [0.25, 0.3) is 0 Å². The minimum absolute atomic E-state index is 0.105. The van der Waals surface area contributed by atoms with Crippen LogP contribution in [0.1, 0.15) is 12.5 Å². The van der Waals surface area contributed by atoms with E-state index in [4.69, 9.17) is 14.2 Å². The van der Waals surface area contributed by atoms with Crippen LogP contribution in [-0.4, -0.2) is 42.5 Å². The van der Waals surface area contributed by atoms with Gasteiger partial charge in [0.05, 0.1) is 26.6 Å². The van der Waals surface area contributed by atoms with Crippen molar-refractivity contribution in [2.45, 2.75) is 23.9 Å². The molecule has 1 heterocycles. The van der Waals surface area contributed by atoms with E-state index in [1.54, 1.807) is 51.9 Å². The van der Waals surface area contributed by atoms with Crippen LogP contribution in [0.2, 0.25) is 0 Å². The summed E-state index contributed by atoms with van der Waals surface area (Å²) in [5, 5.41) is 3.14. The molecule has 0 fully saturated rings. The molecule has 1 N–H and O–H groups in total. The molecule has 0 unspecified atom stereocenters. The molecule has 1 aromatic heterocycles. The number of aromatic nitrogens is 2. The zero-order valence-electron chi connectivity index (χ0n) is 14.6. The molecule has 8 heteroatoms. The van der Waals surface area contributed by atoms with Gasteiger partial charge < -0.3 is 19.5 Å². The third-order valence-electron chi connectivity index (χ3n) is 3.38. The van der Waals surface area contributed by atoms with Gasteiger partial charge in [0.1, 0.15) is 0 Å². The van der Waals surface area contributed by atoms with Crippen LogP contribution < -0.4 is 19.5 Å². The van der Waals surface area contributed by atoms with Crippen molar-refractivity contribution < 1.29 is 19.0 Å². The quantitative estimate of drug-likeness (QED) is 0.569. The van der Waals surface area contributed by atoms with Gasteiger partial charge in [0.2, 0.25) is 11.7 Å². The molecule has 1 aromatic carbocycles. The first-order chi connectivity index (χ1) is 12.1. The Morgan fingerprint density at radius 1 is 1.12 bits per heavy atom. The van der Waals surface area contributed by atoms with E-state index < -0.39 is 0 Å². The van der Waals surface area contributed by atoms with Crippen molar-refractivity contribution in [3.05, 3.63) is 36.2 Å². The van der Waals surface area contributed by atoms with Crippen molar-refractivity contribution in [2.75, 3.05) is 21.3 Å². The van der Waals surface area contributed by atoms with E-state index in [2.05, 4.69) is 15.3 Å². The summed E-state index contributed by atoms with van der Waals surface area (Å²) < 4.78 is 15.9. The Morgan fingerprint density at radius 2 is 1.72 bits per heavy atom. The minimum Gasteiger partial charge on any atom is -0.493 e. The highest BCUT2D eigenvalue weighted by atomic mass is 32.2. The van der Waals surface area contributed by atoms with Crippen molar-refractivity contribution in [1.29, 1.82) is 0 Å². The fourth-order valence-electron chi connectivity index (χ4n) is 2.13. The number of rotatable bonds is 8. The number of methoxy groups -OCH3 is 3. The Labute approximate surface area is 151 Å². The maximum absolute atomic E-state index is 12.3. The molecule has 0 radical (unpaired) electrons. The molecule has 0 aliphatic carbocycles. The Morgan fingerprint density at radius 3 is 2.24 bits per heavy atom. The molecule has 0 bridgehead atoms. The first kappa shape index (κ1) is 18.9. The molecule has 1 atom stereocenters. The largest absolute Gasteiger partial charge is 0.493 e. The van der Waals surface area contributed by atoms with E-state index in [1.165, 1.54) is 11.8 Å². The second-order valence-corrected chi connectivity index (χ2v) is 6.35. The maximum Gasteiger partial charge on any atom is 0.233 e. The number of carbonyl (C=O) groups is 1. The van der Waals surface area contributed by atoms with E-state index in [9.17, 15) is 4.79 Å². The van der Waals surface area contributed by atoms with Crippen LogP contribution in [0.15, 0.2) is 35.7 Å². The van der Waals surface area contributed by atoms with Crippen molar-refractivity contribution in [2.24, 2.45) is 0 Å².